The minimum absolute atomic E-state index is 0.154. The standard InChI is InChI=1S/C17H18BrN3O4/c1-24-14-5-4-12(18)11-13(14)19-17(23)21-8-6-20(7-9-21)16(22)15-3-2-10-25-15/h2-5,10-11H,6-9H2,1H3,(H,19,23). The fraction of sp³-hybridized carbons (Fsp3) is 0.294. The molecule has 2 aromatic rings. The Labute approximate surface area is 153 Å². The van der Waals surface area contributed by atoms with Gasteiger partial charge in [-0.1, -0.05) is 15.9 Å². The summed E-state index contributed by atoms with van der Waals surface area (Å²) in [7, 11) is 1.55. The Kier molecular flexibility index (Phi) is 5.28. The maximum Gasteiger partial charge on any atom is 0.322 e. The molecule has 132 valence electrons. The van der Waals surface area contributed by atoms with Crippen LogP contribution in [0.2, 0.25) is 0 Å². The summed E-state index contributed by atoms with van der Waals surface area (Å²) < 4.78 is 11.2. The van der Waals surface area contributed by atoms with Crippen molar-refractivity contribution in [2.75, 3.05) is 38.6 Å². The summed E-state index contributed by atoms with van der Waals surface area (Å²) in [5.74, 6) is 0.749. The van der Waals surface area contributed by atoms with E-state index in [1.54, 1.807) is 41.2 Å². The van der Waals surface area contributed by atoms with Crippen LogP contribution in [0.1, 0.15) is 10.6 Å². The molecule has 7 nitrogen and oxygen atoms in total. The van der Waals surface area contributed by atoms with Crippen molar-refractivity contribution in [2.24, 2.45) is 0 Å². The van der Waals surface area contributed by atoms with Gasteiger partial charge in [0.05, 0.1) is 19.1 Å². The molecule has 1 saturated heterocycles. The number of carbonyl (C=O) groups is 2. The lowest BCUT2D eigenvalue weighted by molar-refractivity contribution is 0.0640. The number of benzene rings is 1. The second-order valence-electron chi connectivity index (χ2n) is 5.53. The molecule has 1 aromatic heterocycles. The lowest BCUT2D eigenvalue weighted by atomic mass is 10.2. The van der Waals surface area contributed by atoms with Crippen LogP contribution < -0.4 is 10.1 Å². The zero-order valence-electron chi connectivity index (χ0n) is 13.7. The van der Waals surface area contributed by atoms with Crippen LogP contribution in [0.5, 0.6) is 5.75 Å². The fourth-order valence-corrected chi connectivity index (χ4v) is 3.00. The lowest BCUT2D eigenvalue weighted by Crippen LogP contribution is -2.51. The molecule has 0 atom stereocenters. The maximum atomic E-state index is 12.5. The Balaban J connectivity index is 1.59. The van der Waals surface area contributed by atoms with E-state index >= 15 is 0 Å². The minimum Gasteiger partial charge on any atom is -0.495 e. The molecule has 1 aliphatic rings. The van der Waals surface area contributed by atoms with Crippen molar-refractivity contribution < 1.29 is 18.7 Å². The van der Waals surface area contributed by atoms with Gasteiger partial charge in [-0.15, -0.1) is 0 Å². The van der Waals surface area contributed by atoms with Crippen LogP contribution in [0.3, 0.4) is 0 Å². The number of hydrogen-bond donors (Lipinski definition) is 1. The van der Waals surface area contributed by atoms with Crippen LogP contribution in [0.25, 0.3) is 0 Å². The van der Waals surface area contributed by atoms with Crippen LogP contribution >= 0.6 is 15.9 Å². The van der Waals surface area contributed by atoms with Gasteiger partial charge in [0.2, 0.25) is 0 Å². The van der Waals surface area contributed by atoms with Crippen molar-refractivity contribution in [2.45, 2.75) is 0 Å². The van der Waals surface area contributed by atoms with E-state index in [1.807, 2.05) is 6.07 Å². The number of piperazine rings is 1. The summed E-state index contributed by atoms with van der Waals surface area (Å²) in [4.78, 5) is 28.1. The molecule has 0 spiro atoms. The molecule has 8 heteroatoms. The van der Waals surface area contributed by atoms with E-state index in [4.69, 9.17) is 9.15 Å². The van der Waals surface area contributed by atoms with E-state index in [0.29, 0.717) is 43.4 Å². The zero-order valence-corrected chi connectivity index (χ0v) is 15.3. The molecule has 0 unspecified atom stereocenters. The lowest BCUT2D eigenvalue weighted by Gasteiger charge is -2.34. The molecule has 1 aromatic carbocycles. The second kappa shape index (κ2) is 7.60. The number of hydrogen-bond acceptors (Lipinski definition) is 4. The Morgan fingerprint density at radius 3 is 2.52 bits per heavy atom. The maximum absolute atomic E-state index is 12.5. The number of methoxy groups -OCH3 is 1. The van der Waals surface area contributed by atoms with Crippen molar-refractivity contribution in [3.8, 4) is 5.75 Å². The average Bonchev–Trinajstić information content (AvgIpc) is 3.16. The first kappa shape index (κ1) is 17.3. The molecule has 3 amide bonds. The first-order chi connectivity index (χ1) is 12.1. The first-order valence-electron chi connectivity index (χ1n) is 7.80. The van der Waals surface area contributed by atoms with Crippen LogP contribution in [0, 0.1) is 0 Å². The van der Waals surface area contributed by atoms with Crippen LogP contribution in [-0.4, -0.2) is 55.0 Å². The van der Waals surface area contributed by atoms with E-state index in [2.05, 4.69) is 21.2 Å². The monoisotopic (exact) mass is 407 g/mol. The first-order valence-corrected chi connectivity index (χ1v) is 8.60. The molecule has 0 bridgehead atoms. The number of rotatable bonds is 3. The number of furan rings is 1. The van der Waals surface area contributed by atoms with Crippen molar-refractivity contribution in [3.05, 3.63) is 46.8 Å². The molecule has 1 N–H and O–H groups in total. The summed E-state index contributed by atoms with van der Waals surface area (Å²) in [6, 6.07) is 8.51. The predicted octanol–water partition coefficient (Wildman–Crippen LogP) is 3.04. The highest BCUT2D eigenvalue weighted by atomic mass is 79.9. The number of amides is 3. The highest BCUT2D eigenvalue weighted by Crippen LogP contribution is 2.28. The third kappa shape index (κ3) is 3.96. The van der Waals surface area contributed by atoms with E-state index in [-0.39, 0.29) is 11.9 Å². The predicted molar refractivity (Wildman–Crippen MR) is 95.9 cm³/mol. The number of ether oxygens (including phenoxy) is 1. The minimum atomic E-state index is -0.221. The van der Waals surface area contributed by atoms with Crippen LogP contribution in [0.15, 0.2) is 45.5 Å². The molecule has 1 aliphatic heterocycles. The van der Waals surface area contributed by atoms with E-state index in [1.165, 1.54) is 6.26 Å². The summed E-state index contributed by atoms with van der Waals surface area (Å²) in [5, 5.41) is 2.85. The number of nitrogens with one attached hydrogen (secondary N) is 1. The van der Waals surface area contributed by atoms with Crippen LogP contribution in [0.4, 0.5) is 10.5 Å². The number of nitrogens with zero attached hydrogens (tertiary/aromatic N) is 2. The molecule has 0 saturated carbocycles. The largest absolute Gasteiger partial charge is 0.495 e. The van der Waals surface area contributed by atoms with E-state index < -0.39 is 0 Å². The van der Waals surface area contributed by atoms with Gasteiger partial charge in [-0.2, -0.15) is 0 Å². The van der Waals surface area contributed by atoms with Crippen molar-refractivity contribution in [3.63, 3.8) is 0 Å². The molecule has 2 heterocycles. The zero-order chi connectivity index (χ0) is 17.8. The molecule has 0 aliphatic carbocycles. The molecule has 25 heavy (non-hydrogen) atoms. The summed E-state index contributed by atoms with van der Waals surface area (Å²) in [6.07, 6.45) is 1.47. The highest BCUT2D eigenvalue weighted by Gasteiger charge is 2.26. The molecular weight excluding hydrogens is 390 g/mol. The Morgan fingerprint density at radius 2 is 1.88 bits per heavy atom. The van der Waals surface area contributed by atoms with Gasteiger partial charge in [-0.25, -0.2) is 4.79 Å². The normalized spacial score (nSPS) is 14.3. The number of anilines is 1. The van der Waals surface area contributed by atoms with E-state index in [0.717, 1.165) is 4.47 Å². The SMILES string of the molecule is COc1ccc(Br)cc1NC(=O)N1CCN(C(=O)c2ccco2)CC1. The van der Waals surface area contributed by atoms with Gasteiger partial charge in [0.25, 0.3) is 5.91 Å². The van der Waals surface area contributed by atoms with Gasteiger partial charge >= 0.3 is 6.03 Å². The van der Waals surface area contributed by atoms with Gasteiger partial charge in [-0.3, -0.25) is 4.79 Å². The smallest absolute Gasteiger partial charge is 0.322 e. The molecule has 1 fully saturated rings. The third-order valence-electron chi connectivity index (χ3n) is 3.99. The Hall–Kier alpha value is -2.48. The average molecular weight is 408 g/mol. The Morgan fingerprint density at radius 1 is 1.16 bits per heavy atom. The summed E-state index contributed by atoms with van der Waals surface area (Å²) in [5.41, 5.74) is 0.593. The molecule has 3 rings (SSSR count). The van der Waals surface area contributed by atoms with Crippen LogP contribution in [-0.2, 0) is 0 Å². The van der Waals surface area contributed by atoms with E-state index in [9.17, 15) is 9.59 Å². The van der Waals surface area contributed by atoms with Crippen molar-refractivity contribution >= 4 is 33.6 Å². The Bertz CT molecular complexity index is 755. The summed E-state index contributed by atoms with van der Waals surface area (Å²) >= 11 is 3.38. The molecule has 0 radical (unpaired) electrons. The number of urea groups is 1. The number of carbonyl (C=O) groups excluding carboxylic acids is 2. The van der Waals surface area contributed by atoms with Crippen molar-refractivity contribution in [1.29, 1.82) is 0 Å². The second-order valence-corrected chi connectivity index (χ2v) is 6.45. The van der Waals surface area contributed by atoms with Gasteiger partial charge in [0.1, 0.15) is 5.75 Å². The fourth-order valence-electron chi connectivity index (χ4n) is 2.64. The highest BCUT2D eigenvalue weighted by molar-refractivity contribution is 9.10. The van der Waals surface area contributed by atoms with Gasteiger partial charge in [0, 0.05) is 30.7 Å². The van der Waals surface area contributed by atoms with Gasteiger partial charge in [0.15, 0.2) is 5.76 Å². The van der Waals surface area contributed by atoms with Crippen molar-refractivity contribution in [1.82, 2.24) is 9.80 Å². The van der Waals surface area contributed by atoms with Gasteiger partial charge < -0.3 is 24.3 Å². The number of halogens is 1. The summed E-state index contributed by atoms with van der Waals surface area (Å²) in [6.45, 7) is 1.83. The quantitative estimate of drug-likeness (QED) is 0.848. The van der Waals surface area contributed by atoms with Gasteiger partial charge in [-0.05, 0) is 30.3 Å². The topological polar surface area (TPSA) is 75.0 Å². The third-order valence-corrected chi connectivity index (χ3v) is 4.48. The molecular formula is C17H18BrN3O4.